The molecule has 0 saturated heterocycles. The van der Waals surface area contributed by atoms with Crippen LogP contribution in [-0.2, 0) is 16.0 Å². The molecule has 5 nitrogen and oxygen atoms in total. The lowest BCUT2D eigenvalue weighted by Gasteiger charge is -2.24. The Hall–Kier alpha value is -2.01. The fourth-order valence-corrected chi connectivity index (χ4v) is 2.23. The first kappa shape index (κ1) is 15.4. The second-order valence-electron chi connectivity index (χ2n) is 5.53. The van der Waals surface area contributed by atoms with Gasteiger partial charge in [0.25, 0.3) is 0 Å². The van der Waals surface area contributed by atoms with E-state index in [0.717, 1.165) is 11.1 Å². The summed E-state index contributed by atoms with van der Waals surface area (Å²) >= 11 is 0. The maximum absolute atomic E-state index is 11.2. The highest BCUT2D eigenvalue weighted by Gasteiger charge is 2.36. The summed E-state index contributed by atoms with van der Waals surface area (Å²) in [4.78, 5) is 11.2. The standard InChI is InChI=1S/C16H20O5/c1-16(2,18)13-9-11-7-10(5-6-14(17)20-4)8-12(19-3)15(11)21-13/h5-8,13,18H,9H2,1-4H3. The summed E-state index contributed by atoms with van der Waals surface area (Å²) in [6, 6.07) is 3.70. The number of hydrogen-bond acceptors (Lipinski definition) is 5. The predicted molar refractivity (Wildman–Crippen MR) is 78.5 cm³/mol. The Labute approximate surface area is 124 Å². The molecule has 1 aliphatic heterocycles. The van der Waals surface area contributed by atoms with E-state index in [-0.39, 0.29) is 6.10 Å². The smallest absolute Gasteiger partial charge is 0.330 e. The van der Waals surface area contributed by atoms with Crippen molar-refractivity contribution in [1.82, 2.24) is 0 Å². The number of esters is 1. The van der Waals surface area contributed by atoms with Gasteiger partial charge in [-0.25, -0.2) is 4.79 Å². The quantitative estimate of drug-likeness (QED) is 0.679. The molecule has 1 heterocycles. The molecule has 5 heteroatoms. The molecule has 0 radical (unpaired) electrons. The lowest BCUT2D eigenvalue weighted by atomic mass is 9.96. The molecule has 1 unspecified atom stereocenters. The van der Waals surface area contributed by atoms with Crippen LogP contribution in [0.1, 0.15) is 25.0 Å². The van der Waals surface area contributed by atoms with Crippen LogP contribution in [0, 0.1) is 0 Å². The molecule has 1 aliphatic rings. The van der Waals surface area contributed by atoms with Crippen LogP contribution in [0.5, 0.6) is 11.5 Å². The van der Waals surface area contributed by atoms with Gasteiger partial charge in [-0.05, 0) is 37.6 Å². The summed E-state index contributed by atoms with van der Waals surface area (Å²) in [7, 11) is 2.89. The number of hydrogen-bond donors (Lipinski definition) is 1. The maximum atomic E-state index is 11.2. The summed E-state index contributed by atoms with van der Waals surface area (Å²) in [6.45, 7) is 3.43. The average Bonchev–Trinajstić information content (AvgIpc) is 2.87. The fourth-order valence-electron chi connectivity index (χ4n) is 2.23. The van der Waals surface area contributed by atoms with Crippen molar-refractivity contribution in [3.8, 4) is 11.5 Å². The molecule has 2 rings (SSSR count). The first-order valence-corrected chi connectivity index (χ1v) is 6.71. The average molecular weight is 292 g/mol. The van der Waals surface area contributed by atoms with Crippen molar-refractivity contribution >= 4 is 12.0 Å². The van der Waals surface area contributed by atoms with Crippen LogP contribution in [-0.4, -0.2) is 37.0 Å². The molecule has 0 bridgehead atoms. The zero-order chi connectivity index (χ0) is 15.6. The minimum atomic E-state index is -0.938. The van der Waals surface area contributed by atoms with E-state index in [1.54, 1.807) is 33.1 Å². The Morgan fingerprint density at radius 3 is 2.71 bits per heavy atom. The van der Waals surface area contributed by atoms with Gasteiger partial charge in [-0.1, -0.05) is 0 Å². The summed E-state index contributed by atoms with van der Waals surface area (Å²) < 4.78 is 15.7. The fraction of sp³-hybridized carbons (Fsp3) is 0.438. The van der Waals surface area contributed by atoms with E-state index in [1.165, 1.54) is 13.2 Å². The molecule has 0 saturated carbocycles. The molecule has 1 aromatic rings. The number of carbonyl (C=O) groups excluding carboxylic acids is 1. The second kappa shape index (κ2) is 5.77. The molecule has 114 valence electrons. The van der Waals surface area contributed by atoms with Crippen molar-refractivity contribution in [2.24, 2.45) is 0 Å². The van der Waals surface area contributed by atoms with Crippen LogP contribution in [0.15, 0.2) is 18.2 Å². The summed E-state index contributed by atoms with van der Waals surface area (Å²) in [5, 5.41) is 10.1. The molecule has 0 fully saturated rings. The van der Waals surface area contributed by atoms with Crippen LogP contribution in [0.4, 0.5) is 0 Å². The Bertz CT molecular complexity index is 569. The Morgan fingerprint density at radius 1 is 1.43 bits per heavy atom. The molecule has 1 atom stereocenters. The minimum Gasteiger partial charge on any atom is -0.493 e. The predicted octanol–water partition coefficient (Wildman–Crippen LogP) is 1.96. The van der Waals surface area contributed by atoms with E-state index < -0.39 is 11.6 Å². The summed E-state index contributed by atoms with van der Waals surface area (Å²) in [5.41, 5.74) is 0.827. The third kappa shape index (κ3) is 3.36. The van der Waals surface area contributed by atoms with Crippen molar-refractivity contribution in [3.05, 3.63) is 29.3 Å². The third-order valence-corrected chi connectivity index (χ3v) is 3.44. The second-order valence-corrected chi connectivity index (χ2v) is 5.53. The molecule has 1 aromatic carbocycles. The number of ether oxygens (including phenoxy) is 3. The number of aliphatic hydroxyl groups is 1. The lowest BCUT2D eigenvalue weighted by molar-refractivity contribution is -0.134. The molecule has 0 aromatic heterocycles. The molecule has 21 heavy (non-hydrogen) atoms. The number of methoxy groups -OCH3 is 2. The highest BCUT2D eigenvalue weighted by Crippen LogP contribution is 2.41. The van der Waals surface area contributed by atoms with Crippen LogP contribution in [0.3, 0.4) is 0 Å². The van der Waals surface area contributed by atoms with Gasteiger partial charge in [-0.3, -0.25) is 0 Å². The molecule has 0 spiro atoms. The largest absolute Gasteiger partial charge is 0.493 e. The van der Waals surface area contributed by atoms with E-state index in [0.29, 0.717) is 17.9 Å². The summed E-state index contributed by atoms with van der Waals surface area (Å²) in [5.74, 6) is 0.823. The van der Waals surface area contributed by atoms with E-state index in [4.69, 9.17) is 9.47 Å². The van der Waals surface area contributed by atoms with Crippen LogP contribution in [0.2, 0.25) is 0 Å². The number of rotatable bonds is 4. The molecular weight excluding hydrogens is 272 g/mol. The molecule has 0 aliphatic carbocycles. The van der Waals surface area contributed by atoms with Gasteiger partial charge in [0, 0.05) is 18.1 Å². The number of benzene rings is 1. The van der Waals surface area contributed by atoms with Gasteiger partial charge in [0.1, 0.15) is 6.10 Å². The van der Waals surface area contributed by atoms with Gasteiger partial charge in [0.2, 0.25) is 0 Å². The SMILES string of the molecule is COC(=O)C=Cc1cc2c(c(OC)c1)OC(C(C)(C)O)C2. The van der Waals surface area contributed by atoms with E-state index in [9.17, 15) is 9.90 Å². The zero-order valence-electron chi connectivity index (χ0n) is 12.7. The number of carbonyl (C=O) groups is 1. The van der Waals surface area contributed by atoms with E-state index in [1.807, 2.05) is 6.07 Å². The maximum Gasteiger partial charge on any atom is 0.330 e. The minimum absolute atomic E-state index is 0.318. The topological polar surface area (TPSA) is 65.0 Å². The van der Waals surface area contributed by atoms with Gasteiger partial charge in [0.05, 0.1) is 19.8 Å². The Balaban J connectivity index is 2.32. The monoisotopic (exact) mass is 292 g/mol. The lowest BCUT2D eigenvalue weighted by Crippen LogP contribution is -2.39. The van der Waals surface area contributed by atoms with Crippen LogP contribution in [0.25, 0.3) is 6.08 Å². The first-order valence-electron chi connectivity index (χ1n) is 6.71. The van der Waals surface area contributed by atoms with Crippen LogP contribution < -0.4 is 9.47 Å². The van der Waals surface area contributed by atoms with Crippen molar-refractivity contribution in [2.75, 3.05) is 14.2 Å². The zero-order valence-corrected chi connectivity index (χ0v) is 12.7. The van der Waals surface area contributed by atoms with Gasteiger partial charge >= 0.3 is 5.97 Å². The van der Waals surface area contributed by atoms with Gasteiger partial charge < -0.3 is 19.3 Å². The van der Waals surface area contributed by atoms with Gasteiger partial charge in [-0.2, -0.15) is 0 Å². The molecule has 1 N–H and O–H groups in total. The number of fused-ring (bicyclic) bond motifs is 1. The first-order chi connectivity index (χ1) is 9.85. The third-order valence-electron chi connectivity index (χ3n) is 3.44. The highest BCUT2D eigenvalue weighted by molar-refractivity contribution is 5.87. The molecule has 0 amide bonds. The summed E-state index contributed by atoms with van der Waals surface area (Å²) in [6.07, 6.45) is 3.28. The normalized spacial score (nSPS) is 17.5. The van der Waals surface area contributed by atoms with Gasteiger partial charge in [-0.15, -0.1) is 0 Å². The van der Waals surface area contributed by atoms with Crippen molar-refractivity contribution in [1.29, 1.82) is 0 Å². The van der Waals surface area contributed by atoms with Crippen molar-refractivity contribution in [2.45, 2.75) is 32.0 Å². The highest BCUT2D eigenvalue weighted by atomic mass is 16.5. The van der Waals surface area contributed by atoms with E-state index in [2.05, 4.69) is 4.74 Å². The van der Waals surface area contributed by atoms with E-state index >= 15 is 0 Å². The molecular formula is C16H20O5. The Kier molecular flexibility index (Phi) is 4.23. The van der Waals surface area contributed by atoms with Gasteiger partial charge in [0.15, 0.2) is 11.5 Å². The Morgan fingerprint density at radius 2 is 2.14 bits per heavy atom. The van der Waals surface area contributed by atoms with Crippen LogP contribution >= 0.6 is 0 Å². The van der Waals surface area contributed by atoms with Crippen molar-refractivity contribution < 1.29 is 24.1 Å². The van der Waals surface area contributed by atoms with Crippen molar-refractivity contribution in [3.63, 3.8) is 0 Å².